The summed E-state index contributed by atoms with van der Waals surface area (Å²) < 4.78 is 28.3. The molecule has 1 aromatic rings. The van der Waals surface area contributed by atoms with Crippen molar-refractivity contribution in [2.24, 2.45) is 11.7 Å². The Hall–Kier alpha value is -1.40. The van der Waals surface area contributed by atoms with Gasteiger partial charge in [-0.25, -0.2) is 0 Å². The normalized spacial score (nSPS) is 12.6. The summed E-state index contributed by atoms with van der Waals surface area (Å²) in [7, 11) is 0. The van der Waals surface area contributed by atoms with E-state index in [0.717, 1.165) is 0 Å². The van der Waals surface area contributed by atoms with Gasteiger partial charge in [-0.3, -0.25) is 4.79 Å². The third-order valence-corrected chi connectivity index (χ3v) is 2.77. The number of alkyl halides is 2. The zero-order valence-corrected chi connectivity index (χ0v) is 12.0. The van der Waals surface area contributed by atoms with Crippen LogP contribution < -0.4 is 15.8 Å². The van der Waals surface area contributed by atoms with Crippen LogP contribution >= 0.6 is 11.6 Å². The quantitative estimate of drug-likeness (QED) is 0.848. The predicted octanol–water partition coefficient (Wildman–Crippen LogP) is 3.25. The maximum absolute atomic E-state index is 12.1. The number of anilines is 1. The van der Waals surface area contributed by atoms with Crippen LogP contribution in [0.1, 0.15) is 20.3 Å². The first kappa shape index (κ1) is 16.7. The van der Waals surface area contributed by atoms with Gasteiger partial charge in [-0.2, -0.15) is 8.78 Å². The second-order valence-corrected chi connectivity index (χ2v) is 5.16. The molecule has 112 valence electrons. The number of nitrogens with two attached hydrogens (primary N) is 1. The number of halogens is 3. The van der Waals surface area contributed by atoms with Gasteiger partial charge in [0.2, 0.25) is 5.91 Å². The molecule has 0 saturated heterocycles. The topological polar surface area (TPSA) is 64.4 Å². The summed E-state index contributed by atoms with van der Waals surface area (Å²) in [6.07, 6.45) is 0.548. The van der Waals surface area contributed by atoms with Crippen LogP contribution in [-0.4, -0.2) is 18.6 Å². The van der Waals surface area contributed by atoms with Gasteiger partial charge in [0.05, 0.1) is 11.1 Å². The van der Waals surface area contributed by atoms with Crippen LogP contribution in [0.15, 0.2) is 18.2 Å². The Morgan fingerprint density at radius 2 is 2.10 bits per heavy atom. The number of nitrogens with one attached hydrogen (secondary N) is 1. The van der Waals surface area contributed by atoms with Gasteiger partial charge in [0, 0.05) is 5.69 Å². The molecule has 20 heavy (non-hydrogen) atoms. The van der Waals surface area contributed by atoms with E-state index < -0.39 is 12.7 Å². The van der Waals surface area contributed by atoms with Crippen LogP contribution in [-0.2, 0) is 4.79 Å². The Kier molecular flexibility index (Phi) is 6.16. The molecule has 7 heteroatoms. The molecule has 1 amide bonds. The highest BCUT2D eigenvalue weighted by molar-refractivity contribution is 6.32. The lowest BCUT2D eigenvalue weighted by atomic mass is 10.0. The highest BCUT2D eigenvalue weighted by atomic mass is 35.5. The van der Waals surface area contributed by atoms with Crippen LogP contribution in [0, 0.1) is 5.92 Å². The van der Waals surface area contributed by atoms with E-state index in [0.29, 0.717) is 18.0 Å². The summed E-state index contributed by atoms with van der Waals surface area (Å²) in [6.45, 7) is 0.966. The average Bonchev–Trinajstić information content (AvgIpc) is 2.31. The minimum atomic E-state index is -2.95. The summed E-state index contributed by atoms with van der Waals surface area (Å²) in [5.74, 6) is -0.204. The van der Waals surface area contributed by atoms with Crippen LogP contribution in [0.5, 0.6) is 5.75 Å². The molecule has 1 rings (SSSR count). The Labute approximate surface area is 121 Å². The lowest BCUT2D eigenvalue weighted by molar-refractivity contribution is -0.117. The number of hydrogen-bond acceptors (Lipinski definition) is 3. The summed E-state index contributed by atoms with van der Waals surface area (Å²) in [5.41, 5.74) is 6.11. The highest BCUT2D eigenvalue weighted by Crippen LogP contribution is 2.29. The molecule has 0 saturated carbocycles. The minimum Gasteiger partial charge on any atom is -0.433 e. The molecule has 0 bridgehead atoms. The van der Waals surface area contributed by atoms with Crippen LogP contribution in [0.2, 0.25) is 5.02 Å². The Balaban J connectivity index is 2.69. The summed E-state index contributed by atoms with van der Waals surface area (Å²) in [4.78, 5) is 11.8. The molecule has 1 aromatic carbocycles. The summed E-state index contributed by atoms with van der Waals surface area (Å²) >= 11 is 5.78. The maximum atomic E-state index is 12.1. The Bertz CT molecular complexity index is 470. The molecule has 1 atom stereocenters. The van der Waals surface area contributed by atoms with E-state index in [1.54, 1.807) is 0 Å². The molecule has 0 aromatic heterocycles. The molecule has 0 radical (unpaired) electrons. The number of carbonyl (C=O) groups excluding carboxylic acids is 1. The van der Waals surface area contributed by atoms with E-state index >= 15 is 0 Å². The van der Waals surface area contributed by atoms with E-state index in [2.05, 4.69) is 10.1 Å². The molecular weight excluding hydrogens is 290 g/mol. The number of carbonyl (C=O) groups is 1. The molecular formula is C13H17ClF2N2O2. The molecule has 0 aliphatic heterocycles. The number of ether oxygens (including phenoxy) is 1. The lowest BCUT2D eigenvalue weighted by Crippen LogP contribution is -2.36. The van der Waals surface area contributed by atoms with Crippen LogP contribution in [0.4, 0.5) is 14.5 Å². The zero-order valence-electron chi connectivity index (χ0n) is 11.2. The molecule has 0 aliphatic rings. The van der Waals surface area contributed by atoms with Crippen molar-refractivity contribution >= 4 is 23.2 Å². The average molecular weight is 307 g/mol. The van der Waals surface area contributed by atoms with Gasteiger partial charge in [-0.1, -0.05) is 25.4 Å². The van der Waals surface area contributed by atoms with Gasteiger partial charge in [0.15, 0.2) is 0 Å². The van der Waals surface area contributed by atoms with Gasteiger partial charge in [0.25, 0.3) is 0 Å². The maximum Gasteiger partial charge on any atom is 0.387 e. The monoisotopic (exact) mass is 306 g/mol. The first-order chi connectivity index (χ1) is 9.29. The first-order valence-corrected chi connectivity index (χ1v) is 6.48. The number of benzene rings is 1. The van der Waals surface area contributed by atoms with E-state index in [-0.39, 0.29) is 16.7 Å². The molecule has 3 N–H and O–H groups in total. The van der Waals surface area contributed by atoms with E-state index in [1.807, 2.05) is 13.8 Å². The SMILES string of the molecule is CC(C)C[C@H](N)C(=O)Nc1ccc(OC(F)F)c(Cl)c1. The molecule has 0 heterocycles. The summed E-state index contributed by atoms with van der Waals surface area (Å²) in [6, 6.07) is 3.38. The molecule has 0 aliphatic carbocycles. The van der Waals surface area contributed by atoms with Gasteiger partial charge >= 0.3 is 6.61 Å². The molecule has 0 unspecified atom stereocenters. The largest absolute Gasteiger partial charge is 0.433 e. The van der Waals surface area contributed by atoms with Crippen molar-refractivity contribution in [2.75, 3.05) is 5.32 Å². The predicted molar refractivity (Wildman–Crippen MR) is 74.1 cm³/mol. The van der Waals surface area contributed by atoms with Crippen molar-refractivity contribution in [1.29, 1.82) is 0 Å². The Morgan fingerprint density at radius 1 is 1.45 bits per heavy atom. The second-order valence-electron chi connectivity index (χ2n) is 4.75. The van der Waals surface area contributed by atoms with Crippen molar-refractivity contribution in [2.45, 2.75) is 32.9 Å². The number of amides is 1. The van der Waals surface area contributed by atoms with Gasteiger partial charge < -0.3 is 15.8 Å². The molecule has 0 spiro atoms. The van der Waals surface area contributed by atoms with E-state index in [1.165, 1.54) is 18.2 Å². The van der Waals surface area contributed by atoms with Crippen molar-refractivity contribution < 1.29 is 18.3 Å². The molecule has 0 fully saturated rings. The van der Waals surface area contributed by atoms with Crippen molar-refractivity contribution in [1.82, 2.24) is 0 Å². The third-order valence-electron chi connectivity index (χ3n) is 2.48. The minimum absolute atomic E-state index is 0.0134. The van der Waals surface area contributed by atoms with Gasteiger partial charge in [0.1, 0.15) is 5.75 Å². The number of rotatable bonds is 6. The van der Waals surface area contributed by atoms with Crippen LogP contribution in [0.25, 0.3) is 0 Å². The van der Waals surface area contributed by atoms with E-state index in [4.69, 9.17) is 17.3 Å². The van der Waals surface area contributed by atoms with Crippen molar-refractivity contribution in [3.63, 3.8) is 0 Å². The number of hydrogen-bond donors (Lipinski definition) is 2. The van der Waals surface area contributed by atoms with Gasteiger partial charge in [-0.05, 0) is 30.5 Å². The van der Waals surface area contributed by atoms with Crippen LogP contribution in [0.3, 0.4) is 0 Å². The standard InChI is InChI=1S/C13H17ClF2N2O2/c1-7(2)5-10(17)12(19)18-8-3-4-11(9(14)6-8)20-13(15)16/h3-4,6-7,10,13H,5,17H2,1-2H3,(H,18,19)/t10-/m0/s1. The van der Waals surface area contributed by atoms with Gasteiger partial charge in [-0.15, -0.1) is 0 Å². The fourth-order valence-electron chi connectivity index (χ4n) is 1.62. The smallest absolute Gasteiger partial charge is 0.387 e. The fourth-order valence-corrected chi connectivity index (χ4v) is 1.85. The highest BCUT2D eigenvalue weighted by Gasteiger charge is 2.16. The molecule has 4 nitrogen and oxygen atoms in total. The first-order valence-electron chi connectivity index (χ1n) is 6.10. The summed E-state index contributed by atoms with van der Waals surface area (Å²) in [5, 5.41) is 2.56. The third kappa shape index (κ3) is 5.30. The van der Waals surface area contributed by atoms with Crippen molar-refractivity contribution in [3.8, 4) is 5.75 Å². The zero-order chi connectivity index (χ0) is 15.3. The Morgan fingerprint density at radius 3 is 2.60 bits per heavy atom. The van der Waals surface area contributed by atoms with Crippen molar-refractivity contribution in [3.05, 3.63) is 23.2 Å². The fraction of sp³-hybridized carbons (Fsp3) is 0.462. The van der Waals surface area contributed by atoms with E-state index in [9.17, 15) is 13.6 Å². The lowest BCUT2D eigenvalue weighted by Gasteiger charge is -2.15. The second kappa shape index (κ2) is 7.40.